The molecule has 3 aliphatic rings. The molecule has 0 radical (unpaired) electrons. The number of rotatable bonds is 8. The van der Waals surface area contributed by atoms with Crippen molar-refractivity contribution in [3.8, 4) is 0 Å². The predicted molar refractivity (Wildman–Crippen MR) is 182 cm³/mol. The lowest BCUT2D eigenvalue weighted by atomic mass is 9.70. The summed E-state index contributed by atoms with van der Waals surface area (Å²) in [5.41, 5.74) is 2.75. The van der Waals surface area contributed by atoms with Crippen molar-refractivity contribution in [3.63, 3.8) is 0 Å². The number of imidazole rings is 1. The summed E-state index contributed by atoms with van der Waals surface area (Å²) in [5, 5.41) is -0.146. The summed E-state index contributed by atoms with van der Waals surface area (Å²) in [6.45, 7) is 3.73. The summed E-state index contributed by atoms with van der Waals surface area (Å²) in [5.74, 6) is -0.711. The number of carbonyl (C=O) groups excluding carboxylic acids is 1. The third kappa shape index (κ3) is 5.93. The van der Waals surface area contributed by atoms with Gasteiger partial charge in [0.15, 0.2) is 0 Å². The van der Waals surface area contributed by atoms with Crippen LogP contribution in [-0.2, 0) is 15.4 Å². The van der Waals surface area contributed by atoms with Crippen LogP contribution in [0, 0.1) is 18.6 Å². The monoisotopic (exact) mass is 695 g/mol. The molecule has 0 saturated carbocycles. The number of halogens is 3. The number of likely N-dealkylation sites (tertiary alicyclic amines) is 1. The standard InChI is InChI=1S/C36H40ClF2N5O3S/c1-23-41-32-8-3-4-9-33(32)44(23)28-19-26-10-11-27(20-28)43(26)17-14-36(24-6-5-7-25(38)18-24)12-15-42(16-13-36)35(45)29-21-34(48(46,47)40-2)31(39)22-30(29)37/h3-9,18,21-22,26-28,40H,10-17,19-20H2,1-2H3/t26-,27+,28?. The van der Waals surface area contributed by atoms with Crippen molar-refractivity contribution in [1.82, 2.24) is 24.1 Å². The molecule has 3 fully saturated rings. The number of aryl methyl sites for hydroxylation is 1. The number of aromatic nitrogens is 2. The Kier molecular flexibility index (Phi) is 8.85. The van der Waals surface area contributed by atoms with E-state index in [0.717, 1.165) is 67.7 Å². The number of hydrogen-bond donors (Lipinski definition) is 1. The quantitative estimate of drug-likeness (QED) is 0.224. The van der Waals surface area contributed by atoms with Gasteiger partial charge in [0, 0.05) is 31.2 Å². The van der Waals surface area contributed by atoms with Gasteiger partial charge in [0.2, 0.25) is 10.0 Å². The minimum atomic E-state index is -4.14. The Balaban J connectivity index is 1.09. The van der Waals surface area contributed by atoms with Crippen molar-refractivity contribution >= 4 is 38.6 Å². The maximum atomic E-state index is 14.6. The van der Waals surface area contributed by atoms with Crippen LogP contribution in [0.5, 0.6) is 0 Å². The number of fused-ring (bicyclic) bond motifs is 3. The van der Waals surface area contributed by atoms with Crippen LogP contribution in [0.3, 0.4) is 0 Å². The fraction of sp³-hybridized carbons (Fsp3) is 0.444. The van der Waals surface area contributed by atoms with Gasteiger partial charge < -0.3 is 9.47 Å². The van der Waals surface area contributed by atoms with Gasteiger partial charge in [-0.3, -0.25) is 9.69 Å². The molecule has 1 aromatic heterocycles. The summed E-state index contributed by atoms with van der Waals surface area (Å²) in [6.07, 6.45) is 6.49. The highest BCUT2D eigenvalue weighted by Crippen LogP contribution is 2.45. The number of piperidine rings is 2. The second-order valence-corrected chi connectivity index (χ2v) is 15.8. The number of nitrogens with one attached hydrogen (secondary N) is 1. The van der Waals surface area contributed by atoms with Gasteiger partial charge in [-0.15, -0.1) is 0 Å². The molecule has 3 aromatic carbocycles. The Bertz CT molecular complexity index is 1960. The number of benzene rings is 3. The molecule has 1 N–H and O–H groups in total. The fourth-order valence-corrected chi connectivity index (χ4v) is 9.65. The highest BCUT2D eigenvalue weighted by Gasteiger charge is 2.44. The van der Waals surface area contributed by atoms with Crippen molar-refractivity contribution in [3.05, 3.63) is 94.3 Å². The highest BCUT2D eigenvalue weighted by molar-refractivity contribution is 7.89. The average molecular weight is 696 g/mol. The largest absolute Gasteiger partial charge is 0.339 e. The summed E-state index contributed by atoms with van der Waals surface area (Å²) in [6, 6.07) is 18.4. The third-order valence-corrected chi connectivity index (χ3v) is 12.8. The van der Waals surface area contributed by atoms with Gasteiger partial charge >= 0.3 is 0 Å². The molecule has 7 rings (SSSR count). The molecule has 4 heterocycles. The van der Waals surface area contributed by atoms with E-state index in [1.165, 1.54) is 18.6 Å². The van der Waals surface area contributed by atoms with Gasteiger partial charge in [0.1, 0.15) is 22.4 Å². The molecule has 3 aliphatic heterocycles. The van der Waals surface area contributed by atoms with E-state index in [1.807, 2.05) is 12.1 Å². The van der Waals surface area contributed by atoms with E-state index in [9.17, 15) is 22.0 Å². The Hall–Kier alpha value is -3.38. The zero-order valence-electron chi connectivity index (χ0n) is 27.1. The molecular weight excluding hydrogens is 656 g/mol. The number of carbonyl (C=O) groups is 1. The first-order chi connectivity index (χ1) is 23.0. The second kappa shape index (κ2) is 12.8. The van der Waals surface area contributed by atoms with E-state index in [4.69, 9.17) is 16.6 Å². The number of sulfonamides is 1. The second-order valence-electron chi connectivity index (χ2n) is 13.6. The van der Waals surface area contributed by atoms with Crippen LogP contribution in [0.4, 0.5) is 8.78 Å². The van der Waals surface area contributed by atoms with Gasteiger partial charge in [-0.2, -0.15) is 0 Å². The first-order valence-corrected chi connectivity index (χ1v) is 18.5. The van der Waals surface area contributed by atoms with Crippen molar-refractivity contribution in [2.75, 3.05) is 26.7 Å². The van der Waals surface area contributed by atoms with Crippen LogP contribution in [0.25, 0.3) is 11.0 Å². The van der Waals surface area contributed by atoms with Crippen LogP contribution in [0.2, 0.25) is 5.02 Å². The summed E-state index contributed by atoms with van der Waals surface area (Å²) in [4.78, 5) is 22.2. The Morgan fingerprint density at radius 3 is 2.40 bits per heavy atom. The minimum absolute atomic E-state index is 0.0644. The van der Waals surface area contributed by atoms with Crippen molar-refractivity contribution in [1.29, 1.82) is 0 Å². The lowest BCUT2D eigenvalue weighted by Gasteiger charge is -2.45. The highest BCUT2D eigenvalue weighted by atomic mass is 35.5. The predicted octanol–water partition coefficient (Wildman–Crippen LogP) is 6.62. The zero-order valence-corrected chi connectivity index (χ0v) is 28.7. The number of para-hydroxylation sites is 2. The van der Waals surface area contributed by atoms with Gasteiger partial charge in [0.25, 0.3) is 5.91 Å². The van der Waals surface area contributed by atoms with Gasteiger partial charge in [0.05, 0.1) is 21.6 Å². The lowest BCUT2D eigenvalue weighted by Crippen LogP contribution is -2.49. The van der Waals surface area contributed by atoms with E-state index in [0.29, 0.717) is 44.1 Å². The molecule has 12 heteroatoms. The average Bonchev–Trinajstić information content (AvgIpc) is 3.53. The maximum absolute atomic E-state index is 14.6. The number of nitrogens with zero attached hydrogens (tertiary/aromatic N) is 4. The summed E-state index contributed by atoms with van der Waals surface area (Å²) >= 11 is 6.27. The molecule has 48 heavy (non-hydrogen) atoms. The van der Waals surface area contributed by atoms with Crippen molar-refractivity contribution in [2.45, 2.75) is 80.3 Å². The Labute approximate surface area is 285 Å². The molecule has 4 aromatic rings. The van der Waals surface area contributed by atoms with E-state index >= 15 is 0 Å². The molecule has 1 unspecified atom stereocenters. The van der Waals surface area contributed by atoms with E-state index in [-0.39, 0.29) is 21.8 Å². The van der Waals surface area contributed by atoms with Crippen LogP contribution in [0.1, 0.15) is 72.7 Å². The molecular formula is C36H40ClF2N5O3S. The van der Waals surface area contributed by atoms with Gasteiger partial charge in [-0.05, 0) is 113 Å². The molecule has 0 spiro atoms. The maximum Gasteiger partial charge on any atom is 0.255 e. The number of hydrogen-bond acceptors (Lipinski definition) is 5. The zero-order chi connectivity index (χ0) is 33.8. The van der Waals surface area contributed by atoms with Gasteiger partial charge in [-0.25, -0.2) is 26.9 Å². The molecule has 8 nitrogen and oxygen atoms in total. The van der Waals surface area contributed by atoms with Crippen LogP contribution >= 0.6 is 11.6 Å². The first-order valence-electron chi connectivity index (χ1n) is 16.7. The van der Waals surface area contributed by atoms with Crippen LogP contribution < -0.4 is 4.72 Å². The van der Waals surface area contributed by atoms with Crippen LogP contribution in [0.15, 0.2) is 65.6 Å². The Morgan fingerprint density at radius 1 is 1.00 bits per heavy atom. The first kappa shape index (κ1) is 33.1. The smallest absolute Gasteiger partial charge is 0.255 e. The van der Waals surface area contributed by atoms with Crippen LogP contribution in [-0.4, -0.2) is 72.4 Å². The van der Waals surface area contributed by atoms with Gasteiger partial charge in [-0.1, -0.05) is 35.9 Å². The third-order valence-electron chi connectivity index (χ3n) is 11.1. The summed E-state index contributed by atoms with van der Waals surface area (Å²) < 4.78 is 58.5. The number of amides is 1. The SMILES string of the molecule is CNS(=O)(=O)c1cc(C(=O)N2CCC(CCN3[C@@H]4CC[C@H]3CC(n3c(C)nc5ccccc53)C4)(c3cccc(F)c3)CC2)c(Cl)cc1F. The van der Waals surface area contributed by atoms with E-state index in [1.54, 1.807) is 17.0 Å². The minimum Gasteiger partial charge on any atom is -0.339 e. The van der Waals surface area contributed by atoms with E-state index < -0.39 is 26.6 Å². The molecule has 254 valence electrons. The molecule has 2 bridgehead atoms. The molecule has 3 atom stereocenters. The molecule has 1 amide bonds. The summed E-state index contributed by atoms with van der Waals surface area (Å²) in [7, 11) is -2.96. The van der Waals surface area contributed by atoms with Crippen molar-refractivity contribution in [2.24, 2.45) is 0 Å². The Morgan fingerprint density at radius 2 is 1.71 bits per heavy atom. The lowest BCUT2D eigenvalue weighted by molar-refractivity contribution is 0.0606. The van der Waals surface area contributed by atoms with Crippen molar-refractivity contribution < 1.29 is 22.0 Å². The molecule has 3 saturated heterocycles. The topological polar surface area (TPSA) is 87.5 Å². The normalized spacial score (nSPS) is 22.8. The molecule has 0 aliphatic carbocycles. The van der Waals surface area contributed by atoms with E-state index in [2.05, 4.69) is 39.3 Å². The fourth-order valence-electron chi connectivity index (χ4n) is 8.61.